The largest absolute Gasteiger partial charge is 0.469 e. The van der Waals surface area contributed by atoms with Crippen molar-refractivity contribution < 1.29 is 14.3 Å². The van der Waals surface area contributed by atoms with E-state index in [0.29, 0.717) is 0 Å². The standard InChI is InChI=1S/C15H15NO3/c1-16(14(17)10-15(18)19-2)13-9-5-7-11-6-3-4-8-12(11)13/h3-9H,10H2,1-2H3. The van der Waals surface area contributed by atoms with Gasteiger partial charge >= 0.3 is 5.97 Å². The number of methoxy groups -OCH3 is 1. The molecule has 98 valence electrons. The molecule has 2 aromatic rings. The minimum absolute atomic E-state index is 0.254. The van der Waals surface area contributed by atoms with Crippen molar-refractivity contribution >= 4 is 28.3 Å². The lowest BCUT2D eigenvalue weighted by Crippen LogP contribution is -2.28. The molecule has 4 heteroatoms. The lowest BCUT2D eigenvalue weighted by Gasteiger charge is -2.18. The quantitative estimate of drug-likeness (QED) is 0.626. The van der Waals surface area contributed by atoms with E-state index in [1.165, 1.54) is 12.0 Å². The van der Waals surface area contributed by atoms with Crippen LogP contribution in [0, 0.1) is 0 Å². The van der Waals surface area contributed by atoms with Gasteiger partial charge in [0, 0.05) is 12.4 Å². The Balaban J connectivity index is 2.33. The third kappa shape index (κ3) is 2.73. The Morgan fingerprint density at radius 3 is 2.53 bits per heavy atom. The lowest BCUT2D eigenvalue weighted by atomic mass is 10.1. The van der Waals surface area contributed by atoms with Gasteiger partial charge in [-0.1, -0.05) is 36.4 Å². The second-order valence-electron chi connectivity index (χ2n) is 4.20. The fraction of sp³-hybridized carbons (Fsp3) is 0.200. The van der Waals surface area contributed by atoms with E-state index in [0.717, 1.165) is 16.5 Å². The third-order valence-electron chi connectivity index (χ3n) is 3.03. The number of esters is 1. The van der Waals surface area contributed by atoms with E-state index in [1.54, 1.807) is 7.05 Å². The van der Waals surface area contributed by atoms with Gasteiger partial charge in [-0.05, 0) is 11.5 Å². The molecule has 0 radical (unpaired) electrons. The highest BCUT2D eigenvalue weighted by Crippen LogP contribution is 2.26. The van der Waals surface area contributed by atoms with Crippen LogP contribution in [0.2, 0.25) is 0 Å². The molecule has 0 aliphatic carbocycles. The van der Waals surface area contributed by atoms with Gasteiger partial charge in [0.05, 0.1) is 12.8 Å². The number of ether oxygens (including phenoxy) is 1. The number of nitrogens with zero attached hydrogens (tertiary/aromatic N) is 1. The molecule has 0 saturated heterocycles. The third-order valence-corrected chi connectivity index (χ3v) is 3.03. The van der Waals surface area contributed by atoms with Crippen molar-refractivity contribution in [2.75, 3.05) is 19.1 Å². The molecule has 0 aliphatic rings. The second kappa shape index (κ2) is 5.52. The number of carbonyl (C=O) groups is 2. The van der Waals surface area contributed by atoms with E-state index >= 15 is 0 Å². The van der Waals surface area contributed by atoms with Crippen molar-refractivity contribution in [3.63, 3.8) is 0 Å². The zero-order chi connectivity index (χ0) is 13.8. The summed E-state index contributed by atoms with van der Waals surface area (Å²) < 4.78 is 4.51. The van der Waals surface area contributed by atoms with E-state index < -0.39 is 5.97 Å². The van der Waals surface area contributed by atoms with Crippen LogP contribution in [0.5, 0.6) is 0 Å². The summed E-state index contributed by atoms with van der Waals surface area (Å²) in [5.74, 6) is -0.819. The van der Waals surface area contributed by atoms with Crippen LogP contribution in [0.15, 0.2) is 42.5 Å². The van der Waals surface area contributed by atoms with E-state index in [9.17, 15) is 9.59 Å². The fourth-order valence-electron chi connectivity index (χ4n) is 1.95. The average molecular weight is 257 g/mol. The summed E-state index contributed by atoms with van der Waals surface area (Å²) >= 11 is 0. The number of hydrogen-bond acceptors (Lipinski definition) is 3. The summed E-state index contributed by atoms with van der Waals surface area (Å²) in [6.45, 7) is 0. The van der Waals surface area contributed by atoms with Crippen molar-refractivity contribution in [2.45, 2.75) is 6.42 Å². The normalized spacial score (nSPS) is 10.2. The van der Waals surface area contributed by atoms with Crippen LogP contribution in [0.3, 0.4) is 0 Å². The monoisotopic (exact) mass is 257 g/mol. The molecule has 4 nitrogen and oxygen atoms in total. The van der Waals surface area contributed by atoms with Crippen LogP contribution in [0.4, 0.5) is 5.69 Å². The van der Waals surface area contributed by atoms with Gasteiger partial charge in [0.1, 0.15) is 6.42 Å². The zero-order valence-electron chi connectivity index (χ0n) is 10.9. The summed E-state index contributed by atoms with van der Waals surface area (Å²) in [5.41, 5.74) is 0.784. The highest BCUT2D eigenvalue weighted by Gasteiger charge is 2.17. The van der Waals surface area contributed by atoms with E-state index in [-0.39, 0.29) is 12.3 Å². The first-order valence-corrected chi connectivity index (χ1v) is 5.94. The van der Waals surface area contributed by atoms with Gasteiger partial charge in [0.2, 0.25) is 5.91 Å². The number of benzene rings is 2. The molecule has 1 amide bonds. The maximum Gasteiger partial charge on any atom is 0.315 e. The summed E-state index contributed by atoms with van der Waals surface area (Å²) in [4.78, 5) is 24.6. The molecule has 2 aromatic carbocycles. The highest BCUT2D eigenvalue weighted by molar-refractivity contribution is 6.08. The summed E-state index contributed by atoms with van der Waals surface area (Å²) in [6, 6.07) is 13.5. The van der Waals surface area contributed by atoms with Gasteiger partial charge in [-0.2, -0.15) is 0 Å². The maximum absolute atomic E-state index is 12.0. The van der Waals surface area contributed by atoms with Gasteiger partial charge in [0.15, 0.2) is 0 Å². The van der Waals surface area contributed by atoms with Gasteiger partial charge in [-0.15, -0.1) is 0 Å². The Morgan fingerprint density at radius 1 is 1.11 bits per heavy atom. The van der Waals surface area contributed by atoms with E-state index in [2.05, 4.69) is 4.74 Å². The van der Waals surface area contributed by atoms with E-state index in [1.807, 2.05) is 42.5 Å². The number of rotatable bonds is 3. The zero-order valence-corrected chi connectivity index (χ0v) is 10.9. The minimum Gasteiger partial charge on any atom is -0.469 e. The summed E-state index contributed by atoms with van der Waals surface area (Å²) in [6.07, 6.45) is -0.254. The lowest BCUT2D eigenvalue weighted by molar-refractivity contribution is -0.143. The molecule has 0 heterocycles. The molecule has 0 aliphatic heterocycles. The molecule has 19 heavy (non-hydrogen) atoms. The second-order valence-corrected chi connectivity index (χ2v) is 4.20. The molecule has 0 aromatic heterocycles. The number of hydrogen-bond donors (Lipinski definition) is 0. The molecule has 0 spiro atoms. The molecule has 0 fully saturated rings. The van der Waals surface area contributed by atoms with Crippen molar-refractivity contribution in [1.29, 1.82) is 0 Å². The average Bonchev–Trinajstić information content (AvgIpc) is 2.45. The molecule has 2 rings (SSSR count). The summed E-state index contributed by atoms with van der Waals surface area (Å²) in [5, 5.41) is 2.03. The predicted molar refractivity (Wildman–Crippen MR) is 74.0 cm³/mol. The van der Waals surface area contributed by atoms with E-state index in [4.69, 9.17) is 0 Å². The molecule has 0 saturated carbocycles. The first kappa shape index (κ1) is 13.1. The SMILES string of the molecule is COC(=O)CC(=O)N(C)c1cccc2ccccc12. The van der Waals surface area contributed by atoms with Gasteiger partial charge in [0.25, 0.3) is 0 Å². The Morgan fingerprint density at radius 2 is 1.79 bits per heavy atom. The topological polar surface area (TPSA) is 46.6 Å². The van der Waals surface area contributed by atoms with Crippen molar-refractivity contribution in [1.82, 2.24) is 0 Å². The van der Waals surface area contributed by atoms with Crippen LogP contribution in [-0.2, 0) is 14.3 Å². The maximum atomic E-state index is 12.0. The number of fused-ring (bicyclic) bond motifs is 1. The molecular formula is C15H15NO3. The Hall–Kier alpha value is -2.36. The van der Waals surface area contributed by atoms with Crippen LogP contribution < -0.4 is 4.90 Å². The number of anilines is 1. The van der Waals surface area contributed by atoms with Crippen LogP contribution >= 0.6 is 0 Å². The van der Waals surface area contributed by atoms with Crippen LogP contribution in [0.25, 0.3) is 10.8 Å². The molecule has 0 atom stereocenters. The minimum atomic E-state index is -0.530. The van der Waals surface area contributed by atoms with Crippen molar-refractivity contribution in [3.8, 4) is 0 Å². The fourth-order valence-corrected chi connectivity index (χ4v) is 1.95. The highest BCUT2D eigenvalue weighted by atomic mass is 16.5. The number of amides is 1. The Labute approximate surface area is 111 Å². The van der Waals surface area contributed by atoms with Gasteiger partial charge in [-0.25, -0.2) is 0 Å². The van der Waals surface area contributed by atoms with Crippen LogP contribution in [0.1, 0.15) is 6.42 Å². The Bertz CT molecular complexity index is 616. The predicted octanol–water partition coefficient (Wildman–Crippen LogP) is 2.37. The smallest absolute Gasteiger partial charge is 0.315 e. The summed E-state index contributed by atoms with van der Waals surface area (Å²) in [7, 11) is 2.93. The first-order valence-electron chi connectivity index (χ1n) is 5.94. The molecular weight excluding hydrogens is 242 g/mol. The van der Waals surface area contributed by atoms with Gasteiger partial charge < -0.3 is 9.64 Å². The van der Waals surface area contributed by atoms with Crippen molar-refractivity contribution in [2.24, 2.45) is 0 Å². The van der Waals surface area contributed by atoms with Crippen molar-refractivity contribution in [3.05, 3.63) is 42.5 Å². The molecule has 0 N–H and O–H groups in total. The first-order chi connectivity index (χ1) is 9.13. The molecule has 0 bridgehead atoms. The van der Waals surface area contributed by atoms with Gasteiger partial charge in [-0.3, -0.25) is 9.59 Å². The molecule has 0 unspecified atom stereocenters. The Kier molecular flexibility index (Phi) is 3.80. The van der Waals surface area contributed by atoms with Crippen LogP contribution in [-0.4, -0.2) is 26.0 Å². The number of carbonyl (C=O) groups excluding carboxylic acids is 2.